The second kappa shape index (κ2) is 8.78. The lowest BCUT2D eigenvalue weighted by atomic mass is 9.99. The van der Waals surface area contributed by atoms with Gasteiger partial charge in [0, 0.05) is 12.3 Å². The maximum Gasteiger partial charge on any atom is 0.411 e. The van der Waals surface area contributed by atoms with Crippen LogP contribution in [0.5, 0.6) is 5.75 Å². The van der Waals surface area contributed by atoms with E-state index in [2.05, 4.69) is 16.0 Å². The van der Waals surface area contributed by atoms with Crippen molar-refractivity contribution in [1.82, 2.24) is 14.9 Å². The van der Waals surface area contributed by atoms with Gasteiger partial charge in [0.05, 0.1) is 34.7 Å². The van der Waals surface area contributed by atoms with Crippen LogP contribution in [0.15, 0.2) is 47.6 Å². The first kappa shape index (κ1) is 23.2. The van der Waals surface area contributed by atoms with E-state index in [0.29, 0.717) is 11.4 Å². The Hall–Kier alpha value is -2.94. The standard InChI is InChI=1S/C24H29N3O5S/c1-24(2,3)32-23(28)27-18-5-6-19(27)12-16(11-18)22-14-25-17(13-26-22)15-31-20-7-9-21(10-8-20)33(4,29)30/h7-11,13-14,18-19H,5-6,12,15H2,1-4H3. The molecule has 0 aliphatic carbocycles. The summed E-state index contributed by atoms with van der Waals surface area (Å²) in [6, 6.07) is 6.42. The Morgan fingerprint density at radius 2 is 1.85 bits per heavy atom. The molecule has 2 aromatic rings. The number of sulfone groups is 1. The maximum atomic E-state index is 12.6. The van der Waals surface area contributed by atoms with Gasteiger partial charge in [0.15, 0.2) is 9.84 Å². The van der Waals surface area contributed by atoms with Gasteiger partial charge in [-0.25, -0.2) is 13.2 Å². The van der Waals surface area contributed by atoms with Crippen molar-refractivity contribution in [2.24, 2.45) is 0 Å². The molecule has 2 bridgehead atoms. The van der Waals surface area contributed by atoms with Crippen LogP contribution >= 0.6 is 0 Å². The van der Waals surface area contributed by atoms with E-state index < -0.39 is 15.4 Å². The van der Waals surface area contributed by atoms with Crippen molar-refractivity contribution in [3.05, 3.63) is 54.1 Å². The molecule has 33 heavy (non-hydrogen) atoms. The number of rotatable bonds is 5. The Kier molecular flexibility index (Phi) is 6.18. The molecule has 0 radical (unpaired) electrons. The number of carbonyl (C=O) groups is 1. The van der Waals surface area contributed by atoms with Crippen LogP contribution in [0.25, 0.3) is 5.57 Å². The molecule has 1 aromatic carbocycles. The van der Waals surface area contributed by atoms with Crippen LogP contribution in [0, 0.1) is 0 Å². The molecule has 0 spiro atoms. The summed E-state index contributed by atoms with van der Waals surface area (Å²) in [5, 5.41) is 0. The molecule has 1 amide bonds. The molecule has 0 saturated carbocycles. The van der Waals surface area contributed by atoms with E-state index in [1.807, 2.05) is 25.7 Å². The SMILES string of the molecule is CC(C)(C)OC(=O)N1C2C=C(c3cnc(COc4ccc(S(C)(=O)=O)cc4)cn3)CC1CC2. The number of benzene rings is 1. The van der Waals surface area contributed by atoms with Crippen LogP contribution in [0.1, 0.15) is 51.4 Å². The highest BCUT2D eigenvalue weighted by molar-refractivity contribution is 7.90. The maximum absolute atomic E-state index is 12.6. The molecular weight excluding hydrogens is 442 g/mol. The fraction of sp³-hybridized carbons (Fsp3) is 0.458. The number of hydrogen-bond donors (Lipinski definition) is 0. The van der Waals surface area contributed by atoms with Gasteiger partial charge in [0.1, 0.15) is 18.0 Å². The Balaban J connectivity index is 1.39. The predicted octanol–water partition coefficient (Wildman–Crippen LogP) is 4.01. The van der Waals surface area contributed by atoms with Gasteiger partial charge < -0.3 is 9.47 Å². The van der Waals surface area contributed by atoms with Crippen LogP contribution in [-0.4, -0.2) is 53.3 Å². The van der Waals surface area contributed by atoms with Crippen LogP contribution < -0.4 is 4.74 Å². The van der Waals surface area contributed by atoms with Crippen molar-refractivity contribution in [3.8, 4) is 5.75 Å². The van der Waals surface area contributed by atoms with Gasteiger partial charge in [-0.1, -0.05) is 6.08 Å². The third-order valence-electron chi connectivity index (χ3n) is 5.67. The average Bonchev–Trinajstić information content (AvgIpc) is 3.01. The van der Waals surface area contributed by atoms with Gasteiger partial charge in [-0.05, 0) is 69.9 Å². The second-order valence-electron chi connectivity index (χ2n) is 9.51. The zero-order chi connectivity index (χ0) is 23.8. The Labute approximate surface area is 194 Å². The lowest BCUT2D eigenvalue weighted by molar-refractivity contribution is 0.0175. The summed E-state index contributed by atoms with van der Waals surface area (Å²) in [7, 11) is -3.23. The number of aromatic nitrogens is 2. The first-order valence-electron chi connectivity index (χ1n) is 11.0. The van der Waals surface area contributed by atoms with Crippen LogP contribution in [0.2, 0.25) is 0 Å². The number of nitrogens with zero attached hydrogens (tertiary/aromatic N) is 3. The minimum absolute atomic E-state index is 0.0216. The summed E-state index contributed by atoms with van der Waals surface area (Å²) in [6.07, 6.45) is 9.04. The summed E-state index contributed by atoms with van der Waals surface area (Å²) >= 11 is 0. The fourth-order valence-corrected chi connectivity index (χ4v) is 4.79. The van der Waals surface area contributed by atoms with E-state index in [4.69, 9.17) is 9.47 Å². The summed E-state index contributed by atoms with van der Waals surface area (Å²) in [5.74, 6) is 0.557. The Morgan fingerprint density at radius 1 is 1.12 bits per heavy atom. The van der Waals surface area contributed by atoms with Gasteiger partial charge in [-0.3, -0.25) is 14.9 Å². The zero-order valence-corrected chi connectivity index (χ0v) is 20.1. The summed E-state index contributed by atoms with van der Waals surface area (Å²) in [4.78, 5) is 23.8. The van der Waals surface area contributed by atoms with Crippen molar-refractivity contribution in [1.29, 1.82) is 0 Å². The van der Waals surface area contributed by atoms with Crippen molar-refractivity contribution < 1.29 is 22.7 Å². The zero-order valence-electron chi connectivity index (χ0n) is 19.3. The van der Waals surface area contributed by atoms with E-state index >= 15 is 0 Å². The third-order valence-corrected chi connectivity index (χ3v) is 6.80. The Morgan fingerprint density at radius 3 is 2.42 bits per heavy atom. The number of fused-ring (bicyclic) bond motifs is 2. The van der Waals surface area contributed by atoms with Gasteiger partial charge >= 0.3 is 6.09 Å². The topological polar surface area (TPSA) is 98.7 Å². The fourth-order valence-electron chi connectivity index (χ4n) is 4.15. The van der Waals surface area contributed by atoms with E-state index in [1.54, 1.807) is 24.5 Å². The third kappa shape index (κ3) is 5.52. The average molecular weight is 472 g/mol. The largest absolute Gasteiger partial charge is 0.487 e. The molecule has 176 valence electrons. The van der Waals surface area contributed by atoms with Crippen molar-refractivity contribution in [3.63, 3.8) is 0 Å². The lowest BCUT2D eigenvalue weighted by Gasteiger charge is -2.35. The van der Waals surface area contributed by atoms with Crippen molar-refractivity contribution in [2.75, 3.05) is 6.26 Å². The minimum Gasteiger partial charge on any atom is -0.487 e. The van der Waals surface area contributed by atoms with E-state index in [1.165, 1.54) is 18.4 Å². The molecule has 3 heterocycles. The number of carbonyl (C=O) groups excluding carboxylic acids is 1. The number of amides is 1. The first-order chi connectivity index (χ1) is 15.5. The van der Waals surface area contributed by atoms with E-state index in [9.17, 15) is 13.2 Å². The molecule has 8 nitrogen and oxygen atoms in total. The summed E-state index contributed by atoms with van der Waals surface area (Å²) in [6.45, 7) is 5.86. The monoisotopic (exact) mass is 471 g/mol. The molecule has 9 heteroatoms. The molecule has 2 aliphatic heterocycles. The van der Waals surface area contributed by atoms with Crippen molar-refractivity contribution in [2.45, 2.75) is 69.2 Å². The molecule has 1 saturated heterocycles. The van der Waals surface area contributed by atoms with E-state index in [-0.39, 0.29) is 29.7 Å². The second-order valence-corrected chi connectivity index (χ2v) is 11.5. The van der Waals surface area contributed by atoms with Gasteiger partial charge in [-0.15, -0.1) is 0 Å². The van der Waals surface area contributed by atoms with E-state index in [0.717, 1.165) is 30.5 Å². The van der Waals surface area contributed by atoms with Gasteiger partial charge in [0.25, 0.3) is 0 Å². The summed E-state index contributed by atoms with van der Waals surface area (Å²) in [5.41, 5.74) is 2.05. The van der Waals surface area contributed by atoms with Crippen LogP contribution in [0.4, 0.5) is 4.79 Å². The smallest absolute Gasteiger partial charge is 0.411 e. The van der Waals surface area contributed by atoms with Crippen molar-refractivity contribution >= 4 is 21.5 Å². The number of ether oxygens (including phenoxy) is 2. The molecule has 2 unspecified atom stereocenters. The van der Waals surface area contributed by atoms with Crippen LogP contribution in [0.3, 0.4) is 0 Å². The lowest BCUT2D eigenvalue weighted by Crippen LogP contribution is -2.45. The molecular formula is C24H29N3O5S. The predicted molar refractivity (Wildman–Crippen MR) is 123 cm³/mol. The minimum atomic E-state index is -3.23. The molecule has 2 atom stereocenters. The first-order valence-corrected chi connectivity index (χ1v) is 12.8. The normalized spacial score (nSPS) is 20.4. The molecule has 4 rings (SSSR count). The number of hydrogen-bond acceptors (Lipinski definition) is 7. The highest BCUT2D eigenvalue weighted by atomic mass is 32.2. The van der Waals surface area contributed by atoms with Gasteiger partial charge in [0.2, 0.25) is 0 Å². The molecule has 0 N–H and O–H groups in total. The quantitative estimate of drug-likeness (QED) is 0.650. The molecule has 1 aromatic heterocycles. The molecule has 2 aliphatic rings. The summed E-state index contributed by atoms with van der Waals surface area (Å²) < 4.78 is 34.4. The van der Waals surface area contributed by atoms with Gasteiger partial charge in [-0.2, -0.15) is 0 Å². The molecule has 1 fully saturated rings. The van der Waals surface area contributed by atoms with Crippen LogP contribution in [-0.2, 0) is 21.2 Å². The Bertz CT molecular complexity index is 1150. The highest BCUT2D eigenvalue weighted by Gasteiger charge is 2.41. The highest BCUT2D eigenvalue weighted by Crippen LogP contribution is 2.38.